The number of aryl methyl sites for hydroxylation is 1. The lowest BCUT2D eigenvalue weighted by Gasteiger charge is -2.08. The molecular formula is C15H13N3O2. The molecule has 0 aliphatic carbocycles. The van der Waals surface area contributed by atoms with E-state index in [2.05, 4.69) is 15.0 Å². The summed E-state index contributed by atoms with van der Waals surface area (Å²) in [6.45, 7) is 1.80. The van der Waals surface area contributed by atoms with Crippen LogP contribution in [0.2, 0.25) is 0 Å². The number of aromatic nitrogens is 3. The van der Waals surface area contributed by atoms with Crippen LogP contribution in [0.1, 0.15) is 11.4 Å². The zero-order valence-electron chi connectivity index (χ0n) is 10.9. The Bertz CT molecular complexity index is 742. The minimum Gasteiger partial charge on any atom is -0.435 e. The number of benzene rings is 1. The van der Waals surface area contributed by atoms with Crippen molar-refractivity contribution in [3.63, 3.8) is 0 Å². The van der Waals surface area contributed by atoms with Crippen molar-refractivity contribution in [3.8, 4) is 11.6 Å². The van der Waals surface area contributed by atoms with E-state index in [1.165, 1.54) is 12.4 Å². The van der Waals surface area contributed by atoms with E-state index in [0.29, 0.717) is 17.3 Å². The summed E-state index contributed by atoms with van der Waals surface area (Å²) in [5.74, 6) is 1.01. The Kier molecular flexibility index (Phi) is 3.26. The van der Waals surface area contributed by atoms with Crippen molar-refractivity contribution >= 4 is 10.9 Å². The van der Waals surface area contributed by atoms with Gasteiger partial charge in [-0.05, 0) is 19.1 Å². The molecule has 20 heavy (non-hydrogen) atoms. The standard InChI is InChI=1S/C15H13N3O2/c1-10-5-6-11-3-2-4-13(15(11)18-10)20-14-8-16-12(9-19)7-17-14/h2-8,19H,9H2,1H3. The van der Waals surface area contributed by atoms with Crippen molar-refractivity contribution in [1.82, 2.24) is 15.0 Å². The molecule has 0 aliphatic rings. The second kappa shape index (κ2) is 5.22. The van der Waals surface area contributed by atoms with E-state index in [4.69, 9.17) is 9.84 Å². The minimum absolute atomic E-state index is 0.137. The Morgan fingerprint density at radius 3 is 2.75 bits per heavy atom. The fourth-order valence-electron chi connectivity index (χ4n) is 1.89. The molecule has 0 amide bonds. The van der Waals surface area contributed by atoms with Gasteiger partial charge in [0.05, 0.1) is 24.7 Å². The summed E-state index contributed by atoms with van der Waals surface area (Å²) in [6.07, 6.45) is 2.97. The van der Waals surface area contributed by atoms with E-state index >= 15 is 0 Å². The van der Waals surface area contributed by atoms with Crippen LogP contribution in [0.25, 0.3) is 10.9 Å². The van der Waals surface area contributed by atoms with Gasteiger partial charge in [-0.25, -0.2) is 9.97 Å². The summed E-state index contributed by atoms with van der Waals surface area (Å²) >= 11 is 0. The van der Waals surface area contributed by atoms with E-state index in [1.54, 1.807) is 0 Å². The number of para-hydroxylation sites is 1. The van der Waals surface area contributed by atoms with Gasteiger partial charge in [0.15, 0.2) is 5.75 Å². The van der Waals surface area contributed by atoms with Crippen LogP contribution in [0, 0.1) is 6.92 Å². The average molecular weight is 267 g/mol. The SMILES string of the molecule is Cc1ccc2cccc(Oc3cnc(CO)cn3)c2n1. The van der Waals surface area contributed by atoms with Gasteiger partial charge in [0, 0.05) is 11.1 Å². The van der Waals surface area contributed by atoms with Gasteiger partial charge in [-0.1, -0.05) is 18.2 Å². The fraction of sp³-hybridized carbons (Fsp3) is 0.133. The number of aliphatic hydroxyl groups is 1. The maximum Gasteiger partial charge on any atom is 0.237 e. The molecule has 0 unspecified atom stereocenters. The Labute approximate surface area is 115 Å². The average Bonchev–Trinajstić information content (AvgIpc) is 2.49. The lowest BCUT2D eigenvalue weighted by atomic mass is 10.2. The Morgan fingerprint density at radius 1 is 1.10 bits per heavy atom. The normalized spacial score (nSPS) is 10.7. The molecule has 0 saturated carbocycles. The van der Waals surface area contributed by atoms with Crippen LogP contribution in [0.3, 0.4) is 0 Å². The second-order valence-electron chi connectivity index (χ2n) is 4.39. The third kappa shape index (κ3) is 2.44. The molecule has 0 radical (unpaired) electrons. The molecule has 2 heterocycles. The number of aliphatic hydroxyl groups excluding tert-OH is 1. The number of nitrogens with zero attached hydrogens (tertiary/aromatic N) is 3. The van der Waals surface area contributed by atoms with Crippen molar-refractivity contribution in [2.75, 3.05) is 0 Å². The van der Waals surface area contributed by atoms with Crippen molar-refractivity contribution in [1.29, 1.82) is 0 Å². The summed E-state index contributed by atoms with van der Waals surface area (Å²) < 4.78 is 5.73. The van der Waals surface area contributed by atoms with Crippen LogP contribution in [0.5, 0.6) is 11.6 Å². The highest BCUT2D eigenvalue weighted by molar-refractivity contribution is 5.84. The van der Waals surface area contributed by atoms with Crippen LogP contribution in [-0.4, -0.2) is 20.1 Å². The van der Waals surface area contributed by atoms with Gasteiger partial charge >= 0.3 is 0 Å². The van der Waals surface area contributed by atoms with Crippen LogP contribution >= 0.6 is 0 Å². The smallest absolute Gasteiger partial charge is 0.237 e. The molecule has 5 heteroatoms. The number of ether oxygens (including phenoxy) is 1. The highest BCUT2D eigenvalue weighted by Crippen LogP contribution is 2.27. The molecule has 0 spiro atoms. The van der Waals surface area contributed by atoms with Gasteiger partial charge in [0.25, 0.3) is 0 Å². The van der Waals surface area contributed by atoms with Crippen LogP contribution in [0.4, 0.5) is 0 Å². The van der Waals surface area contributed by atoms with Gasteiger partial charge in [-0.15, -0.1) is 0 Å². The topological polar surface area (TPSA) is 68.1 Å². The first-order chi connectivity index (χ1) is 9.76. The molecule has 5 nitrogen and oxygen atoms in total. The van der Waals surface area contributed by atoms with E-state index < -0.39 is 0 Å². The largest absolute Gasteiger partial charge is 0.435 e. The highest BCUT2D eigenvalue weighted by Gasteiger charge is 2.06. The maximum absolute atomic E-state index is 8.94. The summed E-state index contributed by atoms with van der Waals surface area (Å²) in [5, 5.41) is 9.94. The molecule has 2 aromatic heterocycles. The Morgan fingerprint density at radius 2 is 2.00 bits per heavy atom. The first kappa shape index (κ1) is 12.5. The van der Waals surface area contributed by atoms with Crippen LogP contribution < -0.4 is 4.74 Å². The first-order valence-electron chi connectivity index (χ1n) is 6.22. The summed E-state index contributed by atoms with van der Waals surface area (Å²) in [6, 6.07) is 9.70. The number of pyridine rings is 1. The molecule has 3 rings (SSSR count). The van der Waals surface area contributed by atoms with Gasteiger partial charge in [-0.3, -0.25) is 4.98 Å². The first-order valence-corrected chi connectivity index (χ1v) is 6.22. The van der Waals surface area contributed by atoms with Gasteiger partial charge in [0.1, 0.15) is 5.52 Å². The van der Waals surface area contributed by atoms with Crippen molar-refractivity contribution in [2.45, 2.75) is 13.5 Å². The van der Waals surface area contributed by atoms with E-state index in [1.807, 2.05) is 37.3 Å². The summed E-state index contributed by atoms with van der Waals surface area (Å²) in [5.41, 5.74) is 2.22. The second-order valence-corrected chi connectivity index (χ2v) is 4.39. The molecule has 0 aliphatic heterocycles. The third-order valence-electron chi connectivity index (χ3n) is 2.88. The van der Waals surface area contributed by atoms with Gasteiger partial charge in [-0.2, -0.15) is 0 Å². The predicted molar refractivity (Wildman–Crippen MR) is 74.5 cm³/mol. The Balaban J connectivity index is 1.99. The van der Waals surface area contributed by atoms with Gasteiger partial charge in [0.2, 0.25) is 5.88 Å². The quantitative estimate of drug-likeness (QED) is 0.790. The lowest BCUT2D eigenvalue weighted by molar-refractivity contribution is 0.276. The number of rotatable bonds is 3. The molecular weight excluding hydrogens is 254 g/mol. The molecule has 0 fully saturated rings. The molecule has 1 aromatic carbocycles. The molecule has 1 N–H and O–H groups in total. The summed E-state index contributed by atoms with van der Waals surface area (Å²) in [7, 11) is 0. The van der Waals surface area contributed by atoms with Gasteiger partial charge < -0.3 is 9.84 Å². The fourth-order valence-corrected chi connectivity index (χ4v) is 1.89. The zero-order chi connectivity index (χ0) is 13.9. The van der Waals surface area contributed by atoms with Crippen molar-refractivity contribution < 1.29 is 9.84 Å². The number of fused-ring (bicyclic) bond motifs is 1. The monoisotopic (exact) mass is 267 g/mol. The van der Waals surface area contributed by atoms with Crippen molar-refractivity contribution in [3.05, 3.63) is 54.1 Å². The zero-order valence-corrected chi connectivity index (χ0v) is 10.9. The van der Waals surface area contributed by atoms with Crippen LogP contribution in [-0.2, 0) is 6.61 Å². The molecule has 0 bridgehead atoms. The van der Waals surface area contributed by atoms with Crippen LogP contribution in [0.15, 0.2) is 42.7 Å². The lowest BCUT2D eigenvalue weighted by Crippen LogP contribution is -1.95. The minimum atomic E-state index is -0.137. The molecule has 0 atom stereocenters. The number of hydrogen-bond donors (Lipinski definition) is 1. The highest BCUT2D eigenvalue weighted by atomic mass is 16.5. The number of hydrogen-bond acceptors (Lipinski definition) is 5. The van der Waals surface area contributed by atoms with Crippen molar-refractivity contribution in [2.24, 2.45) is 0 Å². The van der Waals surface area contributed by atoms with E-state index in [0.717, 1.165) is 16.6 Å². The molecule has 0 saturated heterocycles. The van der Waals surface area contributed by atoms with E-state index in [-0.39, 0.29) is 6.61 Å². The predicted octanol–water partition coefficient (Wildman–Crippen LogP) is 2.62. The third-order valence-corrected chi connectivity index (χ3v) is 2.88. The molecule has 3 aromatic rings. The molecule has 100 valence electrons. The summed E-state index contributed by atoms with van der Waals surface area (Å²) in [4.78, 5) is 12.6. The maximum atomic E-state index is 8.94. The van der Waals surface area contributed by atoms with E-state index in [9.17, 15) is 0 Å². The Hall–Kier alpha value is -2.53.